The van der Waals surface area contributed by atoms with Gasteiger partial charge in [0.1, 0.15) is 0 Å². The van der Waals surface area contributed by atoms with Crippen molar-refractivity contribution in [1.82, 2.24) is 9.88 Å². The fraction of sp³-hybridized carbons (Fsp3) is 0.333. The van der Waals surface area contributed by atoms with E-state index in [1.165, 1.54) is 28.0 Å². The van der Waals surface area contributed by atoms with Crippen molar-refractivity contribution in [3.05, 3.63) is 65.0 Å². The lowest BCUT2D eigenvalue weighted by Crippen LogP contribution is -2.25. The number of nitrogens with one attached hydrogen (secondary N) is 1. The van der Waals surface area contributed by atoms with Crippen molar-refractivity contribution in [1.29, 1.82) is 0 Å². The third-order valence-corrected chi connectivity index (χ3v) is 4.20. The molecular weight excluding hydrogens is 244 g/mol. The van der Waals surface area contributed by atoms with Gasteiger partial charge >= 0.3 is 0 Å². The first-order chi connectivity index (χ1) is 9.79. The van der Waals surface area contributed by atoms with E-state index in [1.54, 1.807) is 0 Å². The maximum atomic E-state index is 3.50. The fourth-order valence-electron chi connectivity index (χ4n) is 2.97. The van der Waals surface area contributed by atoms with Crippen LogP contribution in [0.4, 0.5) is 0 Å². The molecule has 1 aromatic heterocycles. The lowest BCUT2D eigenvalue weighted by atomic mass is 10.0. The van der Waals surface area contributed by atoms with Crippen LogP contribution in [0.15, 0.2) is 42.6 Å². The van der Waals surface area contributed by atoms with E-state index in [-0.39, 0.29) is 0 Å². The van der Waals surface area contributed by atoms with Gasteiger partial charge in [-0.3, -0.25) is 0 Å². The lowest BCUT2D eigenvalue weighted by molar-refractivity contribution is 0.606. The molecule has 1 N–H and O–H groups in total. The normalized spacial score (nSPS) is 15.2. The molecule has 0 fully saturated rings. The number of rotatable bonds is 3. The summed E-state index contributed by atoms with van der Waals surface area (Å²) < 4.78 is 2.44. The highest BCUT2D eigenvalue weighted by atomic mass is 15.0. The molecule has 0 amide bonds. The molecule has 1 aliphatic heterocycles. The Morgan fingerprint density at radius 3 is 2.85 bits per heavy atom. The number of allylic oxidation sites excluding steroid dienone is 2. The maximum absolute atomic E-state index is 3.50. The van der Waals surface area contributed by atoms with E-state index < -0.39 is 0 Å². The summed E-state index contributed by atoms with van der Waals surface area (Å²) in [4.78, 5) is 0. The third kappa shape index (κ3) is 2.44. The first-order valence-electron chi connectivity index (χ1n) is 7.38. The molecule has 3 rings (SSSR count). The van der Waals surface area contributed by atoms with Crippen molar-refractivity contribution >= 4 is 5.57 Å². The summed E-state index contributed by atoms with van der Waals surface area (Å²) in [5.74, 6) is 0. The summed E-state index contributed by atoms with van der Waals surface area (Å²) >= 11 is 0. The van der Waals surface area contributed by atoms with E-state index >= 15 is 0 Å². The largest absolute Gasteiger partial charge is 0.346 e. The maximum Gasteiger partial charge on any atom is 0.0473 e. The number of benzene rings is 1. The molecule has 0 atom stereocenters. The zero-order valence-electron chi connectivity index (χ0n) is 12.3. The van der Waals surface area contributed by atoms with Crippen LogP contribution in [-0.2, 0) is 19.5 Å². The van der Waals surface area contributed by atoms with E-state index in [2.05, 4.69) is 66.3 Å². The molecule has 104 valence electrons. The Balaban J connectivity index is 2.01. The van der Waals surface area contributed by atoms with Crippen LogP contribution in [0.25, 0.3) is 5.57 Å². The number of hydrogen-bond acceptors (Lipinski definition) is 1. The molecule has 0 radical (unpaired) electrons. The van der Waals surface area contributed by atoms with Crippen LogP contribution < -0.4 is 5.32 Å². The molecule has 2 heterocycles. The van der Waals surface area contributed by atoms with Crippen LogP contribution in [0.5, 0.6) is 0 Å². The second kappa shape index (κ2) is 5.68. The van der Waals surface area contributed by atoms with Gasteiger partial charge in [-0.15, -0.1) is 0 Å². The van der Waals surface area contributed by atoms with Crippen LogP contribution in [-0.4, -0.2) is 11.1 Å². The summed E-state index contributed by atoms with van der Waals surface area (Å²) in [6.07, 6.45) is 5.66. The van der Waals surface area contributed by atoms with E-state index in [9.17, 15) is 0 Å². The minimum Gasteiger partial charge on any atom is -0.346 e. The minimum absolute atomic E-state index is 0.972. The molecule has 0 aliphatic carbocycles. The second-order valence-corrected chi connectivity index (χ2v) is 5.48. The van der Waals surface area contributed by atoms with E-state index in [0.717, 1.165) is 26.1 Å². The topological polar surface area (TPSA) is 17.0 Å². The molecule has 2 nitrogen and oxygen atoms in total. The van der Waals surface area contributed by atoms with Crippen molar-refractivity contribution in [3.8, 4) is 0 Å². The average Bonchev–Trinajstić information content (AvgIpc) is 2.87. The van der Waals surface area contributed by atoms with Gasteiger partial charge in [0.05, 0.1) is 0 Å². The number of fused-ring (bicyclic) bond motifs is 1. The van der Waals surface area contributed by atoms with Gasteiger partial charge in [-0.1, -0.05) is 36.4 Å². The predicted molar refractivity (Wildman–Crippen MR) is 84.7 cm³/mol. The van der Waals surface area contributed by atoms with Gasteiger partial charge in [0.2, 0.25) is 0 Å². The fourth-order valence-corrected chi connectivity index (χ4v) is 2.97. The Hall–Kier alpha value is -1.80. The van der Waals surface area contributed by atoms with Gasteiger partial charge in [0.25, 0.3) is 0 Å². The molecule has 0 spiro atoms. The third-order valence-electron chi connectivity index (χ3n) is 4.20. The monoisotopic (exact) mass is 266 g/mol. The van der Waals surface area contributed by atoms with Crippen molar-refractivity contribution in [2.45, 2.75) is 33.4 Å². The van der Waals surface area contributed by atoms with Crippen molar-refractivity contribution in [2.24, 2.45) is 0 Å². The van der Waals surface area contributed by atoms with Gasteiger partial charge in [-0.05, 0) is 36.1 Å². The molecule has 2 heteroatoms. The van der Waals surface area contributed by atoms with Crippen LogP contribution in [0.2, 0.25) is 0 Å². The van der Waals surface area contributed by atoms with Gasteiger partial charge in [-0.25, -0.2) is 0 Å². The molecule has 0 unspecified atom stereocenters. The summed E-state index contributed by atoms with van der Waals surface area (Å²) in [6, 6.07) is 10.7. The van der Waals surface area contributed by atoms with E-state index in [4.69, 9.17) is 0 Å². The zero-order valence-corrected chi connectivity index (χ0v) is 12.3. The SMILES string of the molecule is C/C=C(\C)c1cn(Cc2ccccc2)c2c1CNCC2. The standard InChI is InChI=1S/C18H22N2/c1-3-14(2)17-13-20(12-15-7-5-4-6-8-15)18-9-10-19-11-16(17)18/h3-8,13,19H,9-12H2,1-2H3/b14-3+. The molecular formula is C18H22N2. The number of nitrogens with zero attached hydrogens (tertiary/aromatic N) is 1. The van der Waals surface area contributed by atoms with Gasteiger partial charge in [0.15, 0.2) is 0 Å². The van der Waals surface area contributed by atoms with Gasteiger partial charge < -0.3 is 9.88 Å². The quantitative estimate of drug-likeness (QED) is 0.898. The Labute approximate surface area is 121 Å². The average molecular weight is 266 g/mol. The first kappa shape index (κ1) is 13.2. The highest BCUT2D eigenvalue weighted by Crippen LogP contribution is 2.27. The van der Waals surface area contributed by atoms with E-state index in [1.807, 2.05) is 0 Å². The van der Waals surface area contributed by atoms with Crippen molar-refractivity contribution < 1.29 is 0 Å². The Morgan fingerprint density at radius 1 is 1.30 bits per heavy atom. The second-order valence-electron chi connectivity index (χ2n) is 5.48. The van der Waals surface area contributed by atoms with Crippen LogP contribution in [0, 0.1) is 0 Å². The number of hydrogen-bond donors (Lipinski definition) is 1. The smallest absolute Gasteiger partial charge is 0.0473 e. The minimum atomic E-state index is 0.972. The van der Waals surface area contributed by atoms with Crippen LogP contribution >= 0.6 is 0 Å². The Morgan fingerprint density at radius 2 is 2.10 bits per heavy atom. The predicted octanol–water partition coefficient (Wildman–Crippen LogP) is 3.61. The molecule has 0 bridgehead atoms. The van der Waals surface area contributed by atoms with Crippen LogP contribution in [0.1, 0.15) is 36.2 Å². The highest BCUT2D eigenvalue weighted by Gasteiger charge is 2.19. The summed E-state index contributed by atoms with van der Waals surface area (Å²) in [5.41, 5.74) is 7.14. The van der Waals surface area contributed by atoms with E-state index in [0.29, 0.717) is 0 Å². The number of aromatic nitrogens is 1. The molecule has 2 aromatic rings. The highest BCUT2D eigenvalue weighted by molar-refractivity contribution is 5.67. The molecule has 0 saturated carbocycles. The van der Waals surface area contributed by atoms with Crippen molar-refractivity contribution in [2.75, 3.05) is 6.54 Å². The molecule has 0 saturated heterocycles. The molecule has 20 heavy (non-hydrogen) atoms. The summed E-state index contributed by atoms with van der Waals surface area (Å²) in [7, 11) is 0. The zero-order chi connectivity index (χ0) is 13.9. The summed E-state index contributed by atoms with van der Waals surface area (Å²) in [6.45, 7) is 7.38. The van der Waals surface area contributed by atoms with Crippen molar-refractivity contribution in [3.63, 3.8) is 0 Å². The lowest BCUT2D eigenvalue weighted by Gasteiger charge is -2.17. The molecule has 1 aromatic carbocycles. The Kier molecular flexibility index (Phi) is 3.75. The molecule has 1 aliphatic rings. The van der Waals surface area contributed by atoms with Gasteiger partial charge in [0, 0.05) is 37.9 Å². The van der Waals surface area contributed by atoms with Gasteiger partial charge in [-0.2, -0.15) is 0 Å². The summed E-state index contributed by atoms with van der Waals surface area (Å²) in [5, 5.41) is 3.50. The Bertz CT molecular complexity index is 620. The van der Waals surface area contributed by atoms with Crippen LogP contribution in [0.3, 0.4) is 0 Å². The first-order valence-corrected chi connectivity index (χ1v) is 7.38.